The lowest BCUT2D eigenvalue weighted by molar-refractivity contribution is -0.136. The molecule has 0 amide bonds. The minimum atomic E-state index is -0.876. The molecular formula is C10H11ClFNO2. The van der Waals surface area contributed by atoms with Crippen LogP contribution in [0.1, 0.15) is 12.0 Å². The summed E-state index contributed by atoms with van der Waals surface area (Å²) in [6.45, 7) is 0.619. The highest BCUT2D eigenvalue weighted by atomic mass is 35.5. The number of hydrogen-bond acceptors (Lipinski definition) is 2. The highest BCUT2D eigenvalue weighted by molar-refractivity contribution is 6.30. The molecule has 2 N–H and O–H groups in total. The van der Waals surface area contributed by atoms with Crippen LogP contribution >= 0.6 is 11.6 Å². The van der Waals surface area contributed by atoms with Gasteiger partial charge in [0.2, 0.25) is 0 Å². The Bertz CT molecular complexity index is 357. The number of carboxylic acid groups (broad SMARTS) is 1. The topological polar surface area (TPSA) is 49.3 Å². The summed E-state index contributed by atoms with van der Waals surface area (Å²) in [5.74, 6) is -1.26. The Hall–Kier alpha value is -1.13. The van der Waals surface area contributed by atoms with Crippen molar-refractivity contribution in [2.75, 3.05) is 6.54 Å². The number of aliphatic carboxylic acids is 1. The lowest BCUT2D eigenvalue weighted by Gasteiger charge is -2.04. The van der Waals surface area contributed by atoms with Gasteiger partial charge in [0.15, 0.2) is 0 Å². The standard InChI is InChI=1S/C10H11ClFNO2/c11-8-2-1-7(9(12)5-8)6-13-4-3-10(14)15/h1-2,5,13H,3-4,6H2,(H,14,15). The lowest BCUT2D eigenvalue weighted by atomic mass is 10.2. The van der Waals surface area contributed by atoms with E-state index in [0.717, 1.165) is 0 Å². The Kier molecular flexibility index (Phi) is 4.52. The summed E-state index contributed by atoms with van der Waals surface area (Å²) in [4.78, 5) is 10.2. The largest absolute Gasteiger partial charge is 0.481 e. The number of hydrogen-bond donors (Lipinski definition) is 2. The molecule has 0 fully saturated rings. The van der Waals surface area contributed by atoms with Crippen LogP contribution in [0.2, 0.25) is 5.02 Å². The first-order chi connectivity index (χ1) is 7.09. The van der Waals surface area contributed by atoms with E-state index >= 15 is 0 Å². The third-order valence-corrected chi connectivity index (χ3v) is 2.08. The first-order valence-electron chi connectivity index (χ1n) is 4.46. The zero-order valence-electron chi connectivity index (χ0n) is 7.96. The Labute approximate surface area is 91.9 Å². The maximum absolute atomic E-state index is 13.2. The van der Waals surface area contributed by atoms with Crippen molar-refractivity contribution in [1.82, 2.24) is 5.32 Å². The summed E-state index contributed by atoms with van der Waals surface area (Å²) in [5.41, 5.74) is 0.477. The predicted octanol–water partition coefficient (Wildman–Crippen LogP) is 2.04. The SMILES string of the molecule is O=C(O)CCNCc1ccc(Cl)cc1F. The molecule has 1 rings (SSSR count). The molecule has 0 unspecified atom stereocenters. The van der Waals surface area contributed by atoms with E-state index in [2.05, 4.69) is 5.32 Å². The summed E-state index contributed by atoms with van der Waals surface area (Å²) in [6.07, 6.45) is 0.0230. The average Bonchev–Trinajstić information content (AvgIpc) is 2.14. The van der Waals surface area contributed by atoms with Crippen LogP contribution < -0.4 is 5.32 Å². The van der Waals surface area contributed by atoms with E-state index in [4.69, 9.17) is 16.7 Å². The summed E-state index contributed by atoms with van der Waals surface area (Å²) in [6, 6.07) is 4.40. The summed E-state index contributed by atoms with van der Waals surface area (Å²) < 4.78 is 13.2. The smallest absolute Gasteiger partial charge is 0.304 e. The molecule has 0 aliphatic heterocycles. The van der Waals surface area contributed by atoms with Gasteiger partial charge < -0.3 is 10.4 Å². The van der Waals surface area contributed by atoms with E-state index in [9.17, 15) is 9.18 Å². The van der Waals surface area contributed by atoms with E-state index in [0.29, 0.717) is 23.7 Å². The van der Waals surface area contributed by atoms with Crippen LogP contribution in [0.4, 0.5) is 4.39 Å². The van der Waals surface area contributed by atoms with Gasteiger partial charge in [-0.1, -0.05) is 17.7 Å². The Morgan fingerprint density at radius 2 is 2.27 bits per heavy atom. The number of rotatable bonds is 5. The minimum absolute atomic E-state index is 0.0230. The second-order valence-corrected chi connectivity index (χ2v) is 3.49. The number of carboxylic acids is 1. The van der Waals surface area contributed by atoms with Crippen LogP contribution in [0.25, 0.3) is 0 Å². The van der Waals surface area contributed by atoms with Crippen LogP contribution in [0.3, 0.4) is 0 Å². The maximum atomic E-state index is 13.2. The molecule has 0 saturated carbocycles. The third-order valence-electron chi connectivity index (χ3n) is 1.85. The van der Waals surface area contributed by atoms with Crippen molar-refractivity contribution in [3.63, 3.8) is 0 Å². The molecule has 0 spiro atoms. The number of benzene rings is 1. The summed E-state index contributed by atoms with van der Waals surface area (Å²) >= 11 is 5.58. The molecule has 1 aromatic carbocycles. The quantitative estimate of drug-likeness (QED) is 0.763. The normalized spacial score (nSPS) is 10.3. The molecule has 0 radical (unpaired) electrons. The average molecular weight is 232 g/mol. The van der Waals surface area contributed by atoms with Crippen LogP contribution in [-0.2, 0) is 11.3 Å². The molecule has 82 valence electrons. The predicted molar refractivity (Wildman–Crippen MR) is 55.4 cm³/mol. The lowest BCUT2D eigenvalue weighted by Crippen LogP contribution is -2.18. The monoisotopic (exact) mass is 231 g/mol. The molecule has 3 nitrogen and oxygen atoms in total. The van der Waals surface area contributed by atoms with Gasteiger partial charge in [0.1, 0.15) is 5.82 Å². The molecule has 0 aromatic heterocycles. The highest BCUT2D eigenvalue weighted by Gasteiger charge is 2.02. The molecule has 0 saturated heterocycles. The first kappa shape index (κ1) is 11.9. The zero-order chi connectivity index (χ0) is 11.3. The van der Waals surface area contributed by atoms with E-state index in [1.807, 2.05) is 0 Å². The summed E-state index contributed by atoms with van der Waals surface area (Å²) in [7, 11) is 0. The van der Waals surface area contributed by atoms with Gasteiger partial charge in [-0.15, -0.1) is 0 Å². The van der Waals surface area contributed by atoms with E-state index in [1.165, 1.54) is 6.07 Å². The van der Waals surface area contributed by atoms with Crippen LogP contribution in [-0.4, -0.2) is 17.6 Å². The van der Waals surface area contributed by atoms with E-state index < -0.39 is 5.97 Å². The number of carbonyl (C=O) groups is 1. The molecule has 0 atom stereocenters. The van der Waals surface area contributed by atoms with Crippen molar-refractivity contribution in [2.45, 2.75) is 13.0 Å². The van der Waals surface area contributed by atoms with Gasteiger partial charge in [-0.05, 0) is 12.1 Å². The van der Waals surface area contributed by atoms with Gasteiger partial charge in [0.05, 0.1) is 6.42 Å². The highest BCUT2D eigenvalue weighted by Crippen LogP contribution is 2.14. The van der Waals surface area contributed by atoms with Gasteiger partial charge in [0, 0.05) is 23.7 Å². The van der Waals surface area contributed by atoms with Gasteiger partial charge in [-0.2, -0.15) is 0 Å². The Morgan fingerprint density at radius 1 is 1.53 bits per heavy atom. The van der Waals surface area contributed by atoms with Crippen molar-refractivity contribution >= 4 is 17.6 Å². The maximum Gasteiger partial charge on any atom is 0.304 e. The minimum Gasteiger partial charge on any atom is -0.481 e. The fraction of sp³-hybridized carbons (Fsp3) is 0.300. The molecule has 0 heterocycles. The van der Waals surface area contributed by atoms with Gasteiger partial charge in [-0.25, -0.2) is 4.39 Å². The third kappa shape index (κ3) is 4.27. The molecule has 0 bridgehead atoms. The van der Waals surface area contributed by atoms with Gasteiger partial charge in [0.25, 0.3) is 0 Å². The van der Waals surface area contributed by atoms with Crippen molar-refractivity contribution in [1.29, 1.82) is 0 Å². The fourth-order valence-electron chi connectivity index (χ4n) is 1.08. The Balaban J connectivity index is 2.40. The van der Waals surface area contributed by atoms with Crippen LogP contribution in [0.15, 0.2) is 18.2 Å². The van der Waals surface area contributed by atoms with Crippen molar-refractivity contribution in [3.05, 3.63) is 34.6 Å². The Morgan fingerprint density at radius 3 is 2.87 bits per heavy atom. The number of halogens is 2. The van der Waals surface area contributed by atoms with Crippen LogP contribution in [0, 0.1) is 5.82 Å². The molecular weight excluding hydrogens is 221 g/mol. The van der Waals surface area contributed by atoms with Gasteiger partial charge >= 0.3 is 5.97 Å². The summed E-state index contributed by atoms with van der Waals surface area (Å²) in [5, 5.41) is 11.5. The van der Waals surface area contributed by atoms with Crippen molar-refractivity contribution in [2.24, 2.45) is 0 Å². The van der Waals surface area contributed by atoms with Gasteiger partial charge in [-0.3, -0.25) is 4.79 Å². The second kappa shape index (κ2) is 5.68. The molecule has 1 aromatic rings. The molecule has 0 aliphatic rings. The van der Waals surface area contributed by atoms with E-state index in [-0.39, 0.29) is 12.2 Å². The molecule has 0 aliphatic carbocycles. The number of nitrogens with one attached hydrogen (secondary N) is 1. The second-order valence-electron chi connectivity index (χ2n) is 3.06. The zero-order valence-corrected chi connectivity index (χ0v) is 8.72. The molecule has 5 heteroatoms. The molecule has 15 heavy (non-hydrogen) atoms. The van der Waals surface area contributed by atoms with Crippen molar-refractivity contribution < 1.29 is 14.3 Å². The van der Waals surface area contributed by atoms with Crippen molar-refractivity contribution in [3.8, 4) is 0 Å². The van der Waals surface area contributed by atoms with Crippen LogP contribution in [0.5, 0.6) is 0 Å². The van der Waals surface area contributed by atoms with E-state index in [1.54, 1.807) is 12.1 Å². The fourth-order valence-corrected chi connectivity index (χ4v) is 1.24. The first-order valence-corrected chi connectivity index (χ1v) is 4.84.